The number of hydrogen-bond acceptors (Lipinski definition) is 5. The lowest BCUT2D eigenvalue weighted by atomic mass is 9.91. The van der Waals surface area contributed by atoms with E-state index in [0.717, 1.165) is 31.4 Å². The predicted molar refractivity (Wildman–Crippen MR) is 97.2 cm³/mol. The van der Waals surface area contributed by atoms with Crippen LogP contribution >= 0.6 is 0 Å². The van der Waals surface area contributed by atoms with Gasteiger partial charge in [0.2, 0.25) is 5.91 Å². The predicted octanol–water partition coefficient (Wildman–Crippen LogP) is 1.64. The molecule has 0 bridgehead atoms. The maximum absolute atomic E-state index is 11.8. The van der Waals surface area contributed by atoms with Crippen LogP contribution in [-0.4, -0.2) is 37.6 Å². The number of carbonyl (C=O) groups is 2. The Balaban J connectivity index is 2.05. The number of rotatable bonds is 4. The summed E-state index contributed by atoms with van der Waals surface area (Å²) in [5.41, 5.74) is 7.39. The van der Waals surface area contributed by atoms with E-state index in [2.05, 4.69) is 22.5 Å². The molecule has 1 aliphatic rings. The maximum atomic E-state index is 11.8. The summed E-state index contributed by atoms with van der Waals surface area (Å²) in [5.74, 6) is 5.32. The minimum Gasteiger partial charge on any atom is -0.465 e. The number of carbonyl (C=O) groups excluding carboxylic acids is 2. The van der Waals surface area contributed by atoms with Crippen molar-refractivity contribution in [2.45, 2.75) is 44.7 Å². The third kappa shape index (κ3) is 5.50. The molecule has 0 atom stereocenters. The SMILES string of the molecule is COC(=O)c1ccc(NC2CCC(NC(C)=O)CC2)cc1C#CCN. The Morgan fingerprint density at radius 2 is 1.92 bits per heavy atom. The Kier molecular flexibility index (Phi) is 6.84. The third-order valence-corrected chi connectivity index (χ3v) is 4.26. The molecule has 2 rings (SSSR count). The first-order valence-electron chi connectivity index (χ1n) is 8.48. The molecule has 25 heavy (non-hydrogen) atoms. The number of amides is 1. The number of benzene rings is 1. The van der Waals surface area contributed by atoms with Gasteiger partial charge in [0.15, 0.2) is 0 Å². The fourth-order valence-electron chi connectivity index (χ4n) is 3.08. The van der Waals surface area contributed by atoms with Gasteiger partial charge in [-0.15, -0.1) is 0 Å². The lowest BCUT2D eigenvalue weighted by molar-refractivity contribution is -0.119. The van der Waals surface area contributed by atoms with Gasteiger partial charge in [-0.3, -0.25) is 4.79 Å². The van der Waals surface area contributed by atoms with Crippen LogP contribution < -0.4 is 16.4 Å². The van der Waals surface area contributed by atoms with Crippen LogP contribution in [-0.2, 0) is 9.53 Å². The summed E-state index contributed by atoms with van der Waals surface area (Å²) in [6.45, 7) is 1.78. The number of esters is 1. The summed E-state index contributed by atoms with van der Waals surface area (Å²) in [6, 6.07) is 6.04. The average Bonchev–Trinajstić information content (AvgIpc) is 2.60. The van der Waals surface area contributed by atoms with E-state index in [9.17, 15) is 9.59 Å². The Hall–Kier alpha value is -2.52. The molecule has 1 fully saturated rings. The lowest BCUT2D eigenvalue weighted by Crippen LogP contribution is -2.39. The number of nitrogens with one attached hydrogen (secondary N) is 2. The summed E-state index contributed by atoms with van der Waals surface area (Å²) in [4.78, 5) is 23.0. The lowest BCUT2D eigenvalue weighted by Gasteiger charge is -2.30. The standard InChI is InChI=1S/C19H25N3O3/c1-13(23)21-15-5-7-16(8-6-15)22-17-9-10-18(19(24)25-2)14(12-17)4-3-11-20/h9-10,12,15-16,22H,5-8,11,20H2,1-2H3,(H,21,23). The van der Waals surface area contributed by atoms with Crippen LogP contribution in [0.4, 0.5) is 5.69 Å². The molecule has 1 amide bonds. The van der Waals surface area contributed by atoms with Crippen LogP contribution in [0.15, 0.2) is 18.2 Å². The molecular formula is C19H25N3O3. The summed E-state index contributed by atoms with van der Waals surface area (Å²) in [7, 11) is 1.35. The number of ether oxygens (including phenoxy) is 1. The van der Waals surface area contributed by atoms with Gasteiger partial charge in [-0.1, -0.05) is 11.8 Å². The van der Waals surface area contributed by atoms with Crippen molar-refractivity contribution in [1.82, 2.24) is 5.32 Å². The molecule has 0 radical (unpaired) electrons. The van der Waals surface area contributed by atoms with E-state index in [1.807, 2.05) is 12.1 Å². The highest BCUT2D eigenvalue weighted by Gasteiger charge is 2.22. The Morgan fingerprint density at radius 3 is 2.52 bits per heavy atom. The molecule has 1 aliphatic carbocycles. The second-order valence-corrected chi connectivity index (χ2v) is 6.15. The number of nitrogens with two attached hydrogens (primary N) is 1. The van der Waals surface area contributed by atoms with E-state index < -0.39 is 5.97 Å². The van der Waals surface area contributed by atoms with Crippen LogP contribution in [0.3, 0.4) is 0 Å². The molecule has 6 heteroatoms. The number of anilines is 1. The van der Waals surface area contributed by atoms with Crippen LogP contribution in [0.25, 0.3) is 0 Å². The summed E-state index contributed by atoms with van der Waals surface area (Å²) < 4.78 is 4.80. The van der Waals surface area contributed by atoms with Gasteiger partial charge in [0, 0.05) is 30.3 Å². The summed E-state index contributed by atoms with van der Waals surface area (Å²) in [6.07, 6.45) is 3.87. The maximum Gasteiger partial charge on any atom is 0.339 e. The topological polar surface area (TPSA) is 93.5 Å². The molecule has 6 nitrogen and oxygen atoms in total. The molecule has 134 valence electrons. The molecule has 0 heterocycles. The molecule has 1 aromatic rings. The van der Waals surface area contributed by atoms with Crippen LogP contribution in [0.5, 0.6) is 0 Å². The highest BCUT2D eigenvalue weighted by Crippen LogP contribution is 2.24. The zero-order valence-electron chi connectivity index (χ0n) is 14.7. The second-order valence-electron chi connectivity index (χ2n) is 6.15. The van der Waals surface area contributed by atoms with Gasteiger partial charge in [-0.2, -0.15) is 0 Å². The van der Waals surface area contributed by atoms with Crippen molar-refractivity contribution in [2.75, 3.05) is 19.0 Å². The fourth-order valence-corrected chi connectivity index (χ4v) is 3.08. The Morgan fingerprint density at radius 1 is 1.24 bits per heavy atom. The van der Waals surface area contributed by atoms with E-state index in [-0.39, 0.29) is 18.5 Å². The zero-order chi connectivity index (χ0) is 18.2. The fraction of sp³-hybridized carbons (Fsp3) is 0.474. The van der Waals surface area contributed by atoms with Crippen molar-refractivity contribution >= 4 is 17.6 Å². The van der Waals surface area contributed by atoms with Gasteiger partial charge in [-0.25, -0.2) is 4.79 Å². The first-order chi connectivity index (χ1) is 12.0. The van der Waals surface area contributed by atoms with Crippen molar-refractivity contribution in [3.8, 4) is 11.8 Å². The molecule has 4 N–H and O–H groups in total. The van der Waals surface area contributed by atoms with Crippen molar-refractivity contribution in [2.24, 2.45) is 5.73 Å². The van der Waals surface area contributed by atoms with Crippen LogP contribution in [0, 0.1) is 11.8 Å². The molecule has 1 aromatic carbocycles. The summed E-state index contributed by atoms with van der Waals surface area (Å²) >= 11 is 0. The first-order valence-corrected chi connectivity index (χ1v) is 8.48. The van der Waals surface area contributed by atoms with Gasteiger partial charge in [0.1, 0.15) is 0 Å². The van der Waals surface area contributed by atoms with E-state index in [1.165, 1.54) is 7.11 Å². The highest BCUT2D eigenvalue weighted by molar-refractivity contribution is 5.93. The van der Waals surface area contributed by atoms with Crippen molar-refractivity contribution in [3.63, 3.8) is 0 Å². The second kappa shape index (κ2) is 9.09. The Bertz CT molecular complexity index is 683. The summed E-state index contributed by atoms with van der Waals surface area (Å²) in [5, 5.41) is 6.47. The van der Waals surface area contributed by atoms with Crippen LogP contribution in [0.2, 0.25) is 0 Å². The highest BCUT2D eigenvalue weighted by atomic mass is 16.5. The molecule has 0 aliphatic heterocycles. The van der Waals surface area contributed by atoms with Gasteiger partial charge in [-0.05, 0) is 43.9 Å². The molecule has 0 saturated heterocycles. The minimum atomic E-state index is -0.413. The molecular weight excluding hydrogens is 318 g/mol. The van der Waals surface area contributed by atoms with E-state index in [4.69, 9.17) is 10.5 Å². The quantitative estimate of drug-likeness (QED) is 0.571. The van der Waals surface area contributed by atoms with E-state index in [0.29, 0.717) is 17.2 Å². The number of hydrogen-bond donors (Lipinski definition) is 3. The normalized spacial score (nSPS) is 19.3. The molecule has 0 unspecified atom stereocenters. The molecule has 0 spiro atoms. The first kappa shape index (κ1) is 18.8. The molecule has 0 aromatic heterocycles. The van der Waals surface area contributed by atoms with Gasteiger partial charge < -0.3 is 21.1 Å². The number of methoxy groups -OCH3 is 1. The minimum absolute atomic E-state index is 0.0259. The smallest absolute Gasteiger partial charge is 0.339 e. The average molecular weight is 343 g/mol. The van der Waals surface area contributed by atoms with E-state index >= 15 is 0 Å². The zero-order valence-corrected chi connectivity index (χ0v) is 14.7. The Labute approximate surface area is 148 Å². The molecule has 1 saturated carbocycles. The van der Waals surface area contributed by atoms with Gasteiger partial charge >= 0.3 is 5.97 Å². The monoisotopic (exact) mass is 343 g/mol. The van der Waals surface area contributed by atoms with Gasteiger partial charge in [0.25, 0.3) is 0 Å². The van der Waals surface area contributed by atoms with Crippen molar-refractivity contribution < 1.29 is 14.3 Å². The van der Waals surface area contributed by atoms with Crippen molar-refractivity contribution in [1.29, 1.82) is 0 Å². The van der Waals surface area contributed by atoms with E-state index in [1.54, 1.807) is 13.0 Å². The third-order valence-electron chi connectivity index (χ3n) is 4.26. The van der Waals surface area contributed by atoms with Gasteiger partial charge in [0.05, 0.1) is 19.2 Å². The van der Waals surface area contributed by atoms with Crippen LogP contribution in [0.1, 0.15) is 48.5 Å². The largest absolute Gasteiger partial charge is 0.465 e. The van der Waals surface area contributed by atoms with Crippen molar-refractivity contribution in [3.05, 3.63) is 29.3 Å².